The van der Waals surface area contributed by atoms with Crippen LogP contribution in [0, 0.1) is 0 Å². The molecule has 7 nitrogen and oxygen atoms in total. The van der Waals surface area contributed by atoms with Crippen molar-refractivity contribution in [3.8, 4) is 0 Å². The quantitative estimate of drug-likeness (QED) is 0.677. The van der Waals surface area contributed by atoms with Crippen molar-refractivity contribution in [3.05, 3.63) is 59.1 Å². The van der Waals surface area contributed by atoms with Crippen molar-refractivity contribution in [2.45, 2.75) is 38.6 Å². The summed E-state index contributed by atoms with van der Waals surface area (Å²) in [7, 11) is -3.76. The number of carbonyl (C=O) groups excluding carboxylic acids is 2. The van der Waals surface area contributed by atoms with E-state index in [4.69, 9.17) is 11.6 Å². The summed E-state index contributed by atoms with van der Waals surface area (Å²) in [6, 6.07) is 12.0. The average molecular weight is 478 g/mol. The molecule has 0 spiro atoms. The molecule has 1 saturated heterocycles. The molecule has 3 rings (SSSR count). The Balaban J connectivity index is 1.84. The number of carbonyl (C=O) groups is 2. The molecule has 2 aromatic rings. The van der Waals surface area contributed by atoms with Gasteiger partial charge in [0.1, 0.15) is 6.04 Å². The first-order valence-corrected chi connectivity index (χ1v) is 12.9. The number of likely N-dealkylation sites (tertiary alicyclic amines) is 1. The molecule has 0 unspecified atom stereocenters. The average Bonchev–Trinajstić information content (AvgIpc) is 3.04. The molecule has 9 heteroatoms. The van der Waals surface area contributed by atoms with E-state index in [1.807, 2.05) is 4.90 Å². The first-order chi connectivity index (χ1) is 15.2. The highest BCUT2D eigenvalue weighted by Gasteiger charge is 2.30. The summed E-state index contributed by atoms with van der Waals surface area (Å²) < 4.78 is 26.0. The van der Waals surface area contributed by atoms with E-state index in [0.29, 0.717) is 35.1 Å². The predicted molar refractivity (Wildman–Crippen MR) is 128 cm³/mol. The Kier molecular flexibility index (Phi) is 7.79. The summed E-state index contributed by atoms with van der Waals surface area (Å²) in [5, 5.41) is 3.22. The maximum absolute atomic E-state index is 13.1. The van der Waals surface area contributed by atoms with Gasteiger partial charge >= 0.3 is 0 Å². The third kappa shape index (κ3) is 5.81. The van der Waals surface area contributed by atoms with E-state index in [0.717, 1.165) is 36.2 Å². The van der Waals surface area contributed by atoms with Gasteiger partial charge in [0, 0.05) is 18.1 Å². The van der Waals surface area contributed by atoms with Gasteiger partial charge < -0.3 is 10.2 Å². The highest BCUT2D eigenvalue weighted by Crippen LogP contribution is 2.25. The predicted octanol–water partition coefficient (Wildman–Crippen LogP) is 4.15. The van der Waals surface area contributed by atoms with Crippen LogP contribution in [0.1, 0.15) is 43.0 Å². The number of hydrogen-bond donors (Lipinski definition) is 1. The largest absolute Gasteiger partial charge is 0.339 e. The molecule has 172 valence electrons. The van der Waals surface area contributed by atoms with Gasteiger partial charge in [0.05, 0.1) is 23.2 Å². The highest BCUT2D eigenvalue weighted by molar-refractivity contribution is 7.92. The van der Waals surface area contributed by atoms with Crippen LogP contribution in [-0.2, 0) is 14.8 Å². The van der Waals surface area contributed by atoms with Gasteiger partial charge in [-0.05, 0) is 56.2 Å². The molecule has 1 atom stereocenters. The minimum Gasteiger partial charge on any atom is -0.339 e. The summed E-state index contributed by atoms with van der Waals surface area (Å²) in [4.78, 5) is 28.0. The second-order valence-electron chi connectivity index (χ2n) is 7.95. The molecule has 0 radical (unpaired) electrons. The number of anilines is 2. The zero-order valence-corrected chi connectivity index (χ0v) is 19.8. The van der Waals surface area contributed by atoms with Crippen molar-refractivity contribution in [1.29, 1.82) is 0 Å². The zero-order chi connectivity index (χ0) is 23.3. The number of nitrogens with zero attached hydrogens (tertiary/aromatic N) is 2. The molecule has 0 bridgehead atoms. The number of rotatable bonds is 6. The fourth-order valence-electron chi connectivity index (χ4n) is 3.86. The van der Waals surface area contributed by atoms with Crippen molar-refractivity contribution < 1.29 is 18.0 Å². The third-order valence-electron chi connectivity index (χ3n) is 5.48. The maximum Gasteiger partial charge on any atom is 0.255 e. The van der Waals surface area contributed by atoms with Gasteiger partial charge in [-0.1, -0.05) is 36.6 Å². The molecule has 0 saturated carbocycles. The maximum atomic E-state index is 13.1. The van der Waals surface area contributed by atoms with Crippen molar-refractivity contribution >= 4 is 44.8 Å². The van der Waals surface area contributed by atoms with E-state index in [-0.39, 0.29) is 5.91 Å². The van der Waals surface area contributed by atoms with Gasteiger partial charge in [0.25, 0.3) is 5.91 Å². The molecule has 1 N–H and O–H groups in total. The minimum absolute atomic E-state index is 0.131. The Morgan fingerprint density at radius 1 is 1.00 bits per heavy atom. The lowest BCUT2D eigenvalue weighted by molar-refractivity contribution is -0.116. The van der Waals surface area contributed by atoms with Gasteiger partial charge in [0.2, 0.25) is 15.9 Å². The molecule has 32 heavy (non-hydrogen) atoms. The smallest absolute Gasteiger partial charge is 0.255 e. The lowest BCUT2D eigenvalue weighted by atomic mass is 10.1. The Morgan fingerprint density at radius 3 is 2.19 bits per heavy atom. The molecule has 2 amide bonds. The van der Waals surface area contributed by atoms with Crippen LogP contribution in [-0.4, -0.2) is 50.5 Å². The van der Waals surface area contributed by atoms with E-state index in [2.05, 4.69) is 5.32 Å². The second-order valence-corrected chi connectivity index (χ2v) is 10.2. The Bertz CT molecular complexity index is 1060. The number of para-hydroxylation sites is 1. The van der Waals surface area contributed by atoms with Crippen LogP contribution in [0.15, 0.2) is 48.5 Å². The Labute approximate surface area is 194 Å². The topological polar surface area (TPSA) is 86.8 Å². The van der Waals surface area contributed by atoms with Crippen LogP contribution in [0.2, 0.25) is 5.02 Å². The zero-order valence-electron chi connectivity index (χ0n) is 18.3. The third-order valence-corrected chi connectivity index (χ3v) is 6.97. The standard InChI is InChI=1S/C23H28ClN3O4S/c1-17(27(32(2,30)31)19-13-11-18(24)12-14-19)22(28)25-21-10-6-5-9-20(21)23(29)26-15-7-3-4-8-16-26/h5-6,9-14,17H,3-4,7-8,15-16H2,1-2H3,(H,25,28)/t17-/m0/s1. The van der Waals surface area contributed by atoms with Crippen molar-refractivity contribution in [1.82, 2.24) is 4.90 Å². The first kappa shape index (κ1) is 24.1. The van der Waals surface area contributed by atoms with Gasteiger partial charge in [-0.15, -0.1) is 0 Å². The number of nitrogens with one attached hydrogen (secondary N) is 1. The van der Waals surface area contributed by atoms with E-state index in [9.17, 15) is 18.0 Å². The first-order valence-electron chi connectivity index (χ1n) is 10.6. The number of halogens is 1. The lowest BCUT2D eigenvalue weighted by Gasteiger charge is -2.28. The molecular weight excluding hydrogens is 450 g/mol. The lowest BCUT2D eigenvalue weighted by Crippen LogP contribution is -2.45. The van der Waals surface area contributed by atoms with Gasteiger partial charge in [0.15, 0.2) is 0 Å². The van der Waals surface area contributed by atoms with Crippen molar-refractivity contribution in [3.63, 3.8) is 0 Å². The fourth-order valence-corrected chi connectivity index (χ4v) is 5.16. The summed E-state index contributed by atoms with van der Waals surface area (Å²) in [5.41, 5.74) is 1.09. The second kappa shape index (κ2) is 10.4. The number of benzene rings is 2. The van der Waals surface area contributed by atoms with Crippen LogP contribution in [0.3, 0.4) is 0 Å². The molecule has 1 fully saturated rings. The summed E-state index contributed by atoms with van der Waals surface area (Å²) in [5.74, 6) is -0.672. The van der Waals surface area contributed by atoms with Gasteiger partial charge in [-0.3, -0.25) is 13.9 Å². The molecule has 1 heterocycles. The Morgan fingerprint density at radius 2 is 1.59 bits per heavy atom. The van der Waals surface area contributed by atoms with Crippen molar-refractivity contribution in [2.24, 2.45) is 0 Å². The number of hydrogen-bond acceptors (Lipinski definition) is 4. The summed E-state index contributed by atoms with van der Waals surface area (Å²) in [6.45, 7) is 2.89. The molecule has 0 aliphatic carbocycles. The van der Waals surface area contributed by atoms with Crippen molar-refractivity contribution in [2.75, 3.05) is 29.0 Å². The van der Waals surface area contributed by atoms with Crippen LogP contribution in [0.4, 0.5) is 11.4 Å². The van der Waals surface area contributed by atoms with Crippen LogP contribution < -0.4 is 9.62 Å². The minimum atomic E-state index is -3.76. The van der Waals surface area contributed by atoms with Gasteiger partial charge in [-0.25, -0.2) is 8.42 Å². The van der Waals surface area contributed by atoms with E-state index in [1.165, 1.54) is 6.92 Å². The normalized spacial score (nSPS) is 15.5. The monoisotopic (exact) mass is 477 g/mol. The van der Waals surface area contributed by atoms with Crippen LogP contribution >= 0.6 is 11.6 Å². The molecule has 1 aliphatic rings. The highest BCUT2D eigenvalue weighted by atomic mass is 35.5. The SMILES string of the molecule is C[C@@H](C(=O)Nc1ccccc1C(=O)N1CCCCCC1)N(c1ccc(Cl)cc1)S(C)(=O)=O. The van der Waals surface area contributed by atoms with Gasteiger partial charge in [-0.2, -0.15) is 0 Å². The molecule has 2 aromatic carbocycles. The fraction of sp³-hybridized carbons (Fsp3) is 0.391. The summed E-state index contributed by atoms with van der Waals surface area (Å²) >= 11 is 5.92. The van der Waals surface area contributed by atoms with E-state index >= 15 is 0 Å². The molecular formula is C23H28ClN3O4S. The van der Waals surface area contributed by atoms with Crippen LogP contribution in [0.25, 0.3) is 0 Å². The van der Waals surface area contributed by atoms with Crippen LogP contribution in [0.5, 0.6) is 0 Å². The molecule has 0 aromatic heterocycles. The van der Waals surface area contributed by atoms with E-state index < -0.39 is 22.0 Å². The number of sulfonamides is 1. The van der Waals surface area contributed by atoms with E-state index in [1.54, 1.807) is 48.5 Å². The Hall–Kier alpha value is -2.58. The molecule has 1 aliphatic heterocycles. The number of amides is 2. The summed E-state index contributed by atoms with van der Waals surface area (Å²) in [6.07, 6.45) is 5.17.